The molecule has 0 aliphatic heterocycles. The Balaban J connectivity index is 2.64. The smallest absolute Gasteiger partial charge is 0.343 e. The van der Waals surface area contributed by atoms with Gasteiger partial charge in [-0.2, -0.15) is 0 Å². The highest BCUT2D eigenvalue weighted by Crippen LogP contribution is 2.27. The average molecular weight is 376 g/mol. The van der Waals surface area contributed by atoms with Crippen LogP contribution in [-0.4, -0.2) is 29.1 Å². The summed E-state index contributed by atoms with van der Waals surface area (Å²) in [5, 5.41) is 3.92. The molecule has 1 unspecified atom stereocenters. The fraction of sp³-hybridized carbons (Fsp3) is 0.450. The lowest BCUT2D eigenvalue weighted by molar-refractivity contribution is 0.0599. The maximum Gasteiger partial charge on any atom is 0.343 e. The van der Waals surface area contributed by atoms with Crippen LogP contribution in [0.3, 0.4) is 0 Å². The first-order valence-electron chi connectivity index (χ1n) is 8.87. The molecule has 0 aliphatic rings. The highest BCUT2D eigenvalue weighted by molar-refractivity contribution is 6.30. The Labute approximate surface area is 160 Å². The number of nitrogens with zero attached hydrogens (tertiary/aromatic N) is 2. The molecule has 1 aromatic heterocycles. The van der Waals surface area contributed by atoms with E-state index in [2.05, 4.69) is 24.1 Å². The summed E-state index contributed by atoms with van der Waals surface area (Å²) >= 11 is 5.99. The van der Waals surface area contributed by atoms with Gasteiger partial charge in [-0.3, -0.25) is 0 Å². The Hall–Kier alpha value is -2.14. The maximum atomic E-state index is 12.4. The van der Waals surface area contributed by atoms with Gasteiger partial charge in [0.2, 0.25) is 0 Å². The van der Waals surface area contributed by atoms with Crippen molar-refractivity contribution in [2.45, 2.75) is 46.6 Å². The third-order valence-electron chi connectivity index (χ3n) is 4.14. The molecule has 1 N–H and O–H groups in total. The van der Waals surface area contributed by atoms with E-state index in [1.807, 2.05) is 26.0 Å². The van der Waals surface area contributed by atoms with Crippen LogP contribution in [0, 0.1) is 5.92 Å². The second-order valence-corrected chi connectivity index (χ2v) is 7.17. The topological polar surface area (TPSA) is 64.1 Å². The van der Waals surface area contributed by atoms with E-state index in [1.165, 1.54) is 7.11 Å². The molecule has 26 heavy (non-hydrogen) atoms. The van der Waals surface area contributed by atoms with Gasteiger partial charge in [0.1, 0.15) is 11.4 Å². The maximum absolute atomic E-state index is 12.4. The molecule has 6 heteroatoms. The first kappa shape index (κ1) is 20.2. The number of halogens is 1. The lowest BCUT2D eigenvalue weighted by Gasteiger charge is -2.18. The number of carbonyl (C=O) groups is 1. The van der Waals surface area contributed by atoms with Gasteiger partial charge in [0.15, 0.2) is 5.82 Å². The van der Waals surface area contributed by atoms with Crippen LogP contribution in [0.5, 0.6) is 0 Å². The quantitative estimate of drug-likeness (QED) is 0.690. The summed E-state index contributed by atoms with van der Waals surface area (Å²) in [4.78, 5) is 21.8. The summed E-state index contributed by atoms with van der Waals surface area (Å²) in [5.74, 6) is 1.04. The predicted octanol–water partition coefficient (Wildman–Crippen LogP) is 4.99. The van der Waals surface area contributed by atoms with E-state index in [1.54, 1.807) is 12.1 Å². The zero-order valence-corrected chi connectivity index (χ0v) is 16.7. The number of nitrogens with one attached hydrogen (secondary N) is 1. The molecular formula is C20H26ClN3O2. The first-order chi connectivity index (χ1) is 12.3. The molecule has 0 radical (unpaired) electrons. The van der Waals surface area contributed by atoms with E-state index in [0.29, 0.717) is 40.3 Å². The number of aromatic nitrogens is 2. The number of rotatable bonds is 7. The Morgan fingerprint density at radius 2 is 1.85 bits per heavy atom. The van der Waals surface area contributed by atoms with Gasteiger partial charge in [-0.05, 0) is 50.5 Å². The molecule has 0 bridgehead atoms. The number of esters is 1. The van der Waals surface area contributed by atoms with Crippen molar-refractivity contribution in [1.82, 2.24) is 9.97 Å². The van der Waals surface area contributed by atoms with Crippen molar-refractivity contribution < 1.29 is 9.53 Å². The van der Waals surface area contributed by atoms with Crippen molar-refractivity contribution in [3.8, 4) is 11.4 Å². The van der Waals surface area contributed by atoms with E-state index in [0.717, 1.165) is 12.0 Å². The van der Waals surface area contributed by atoms with Gasteiger partial charge in [-0.25, -0.2) is 14.8 Å². The number of benzene rings is 1. The highest BCUT2D eigenvalue weighted by atomic mass is 35.5. The molecule has 1 aromatic carbocycles. The molecule has 0 aliphatic carbocycles. The van der Waals surface area contributed by atoms with Gasteiger partial charge >= 0.3 is 5.97 Å². The van der Waals surface area contributed by atoms with E-state index in [-0.39, 0.29) is 6.04 Å². The van der Waals surface area contributed by atoms with Crippen LogP contribution < -0.4 is 5.32 Å². The number of anilines is 1. The molecule has 0 saturated carbocycles. The molecular weight excluding hydrogens is 350 g/mol. The van der Waals surface area contributed by atoms with Crippen molar-refractivity contribution in [3.63, 3.8) is 0 Å². The monoisotopic (exact) mass is 375 g/mol. The van der Waals surface area contributed by atoms with Crippen molar-refractivity contribution >= 4 is 23.4 Å². The Morgan fingerprint density at radius 1 is 1.19 bits per heavy atom. The standard InChI is InChI=1S/C20H26ClN3O2/c1-6-13(4)11-16-17(20(25)26-5)19(22-12(2)3)24-18(23-16)14-7-9-15(21)10-8-14/h7-10,12-13H,6,11H2,1-5H3,(H,22,23,24). The highest BCUT2D eigenvalue weighted by Gasteiger charge is 2.23. The van der Waals surface area contributed by atoms with Gasteiger partial charge in [-0.15, -0.1) is 0 Å². The van der Waals surface area contributed by atoms with E-state index in [4.69, 9.17) is 21.3 Å². The summed E-state index contributed by atoms with van der Waals surface area (Å²) < 4.78 is 5.00. The first-order valence-corrected chi connectivity index (χ1v) is 9.25. The minimum absolute atomic E-state index is 0.114. The molecule has 1 atom stereocenters. The molecule has 0 amide bonds. The van der Waals surface area contributed by atoms with Crippen LogP contribution in [0.15, 0.2) is 24.3 Å². The summed E-state index contributed by atoms with van der Waals surface area (Å²) in [6, 6.07) is 7.47. The van der Waals surface area contributed by atoms with E-state index < -0.39 is 5.97 Å². The summed E-state index contributed by atoms with van der Waals surface area (Å²) in [6.45, 7) is 8.26. The van der Waals surface area contributed by atoms with Gasteiger partial charge in [0.05, 0.1) is 12.8 Å². The number of methoxy groups -OCH3 is 1. The number of hydrogen-bond donors (Lipinski definition) is 1. The molecule has 2 rings (SSSR count). The Morgan fingerprint density at radius 3 is 2.38 bits per heavy atom. The van der Waals surface area contributed by atoms with Crippen molar-refractivity contribution in [3.05, 3.63) is 40.5 Å². The largest absolute Gasteiger partial charge is 0.465 e. The number of hydrogen-bond acceptors (Lipinski definition) is 5. The normalized spacial score (nSPS) is 12.1. The lowest BCUT2D eigenvalue weighted by Crippen LogP contribution is -2.20. The molecule has 140 valence electrons. The predicted molar refractivity (Wildman–Crippen MR) is 106 cm³/mol. The van der Waals surface area contributed by atoms with Crippen LogP contribution in [0.4, 0.5) is 5.82 Å². The third kappa shape index (κ3) is 4.94. The molecule has 0 saturated heterocycles. The van der Waals surface area contributed by atoms with Crippen LogP contribution in [0.25, 0.3) is 11.4 Å². The molecule has 0 spiro atoms. The fourth-order valence-corrected chi connectivity index (χ4v) is 2.68. The second-order valence-electron chi connectivity index (χ2n) is 6.73. The second kappa shape index (κ2) is 8.99. The summed E-state index contributed by atoms with van der Waals surface area (Å²) in [6.07, 6.45) is 1.67. The average Bonchev–Trinajstić information content (AvgIpc) is 2.60. The summed E-state index contributed by atoms with van der Waals surface area (Å²) in [5.41, 5.74) is 1.97. The molecule has 2 aromatic rings. The molecule has 1 heterocycles. The fourth-order valence-electron chi connectivity index (χ4n) is 2.55. The van der Waals surface area contributed by atoms with Gasteiger partial charge in [-0.1, -0.05) is 31.9 Å². The summed E-state index contributed by atoms with van der Waals surface area (Å²) in [7, 11) is 1.38. The third-order valence-corrected chi connectivity index (χ3v) is 4.39. The lowest BCUT2D eigenvalue weighted by atomic mass is 9.99. The number of ether oxygens (including phenoxy) is 1. The molecule has 0 fully saturated rings. The number of carbonyl (C=O) groups excluding carboxylic acids is 1. The van der Waals surface area contributed by atoms with Gasteiger partial charge in [0.25, 0.3) is 0 Å². The van der Waals surface area contributed by atoms with Crippen molar-refractivity contribution in [2.24, 2.45) is 5.92 Å². The van der Waals surface area contributed by atoms with Crippen LogP contribution in [0.2, 0.25) is 5.02 Å². The Kier molecular flexibility index (Phi) is 6.98. The SMILES string of the molecule is CCC(C)Cc1nc(-c2ccc(Cl)cc2)nc(NC(C)C)c1C(=O)OC. The van der Waals surface area contributed by atoms with Gasteiger partial charge in [0, 0.05) is 16.6 Å². The van der Waals surface area contributed by atoms with Crippen LogP contribution in [0.1, 0.15) is 50.2 Å². The van der Waals surface area contributed by atoms with Crippen molar-refractivity contribution in [1.29, 1.82) is 0 Å². The van der Waals surface area contributed by atoms with Crippen LogP contribution in [-0.2, 0) is 11.2 Å². The zero-order chi connectivity index (χ0) is 19.3. The minimum atomic E-state index is -0.422. The van der Waals surface area contributed by atoms with E-state index >= 15 is 0 Å². The van der Waals surface area contributed by atoms with E-state index in [9.17, 15) is 4.79 Å². The van der Waals surface area contributed by atoms with Gasteiger partial charge < -0.3 is 10.1 Å². The van der Waals surface area contributed by atoms with Crippen LogP contribution >= 0.6 is 11.6 Å². The molecule has 5 nitrogen and oxygen atoms in total. The van der Waals surface area contributed by atoms with Crippen molar-refractivity contribution in [2.75, 3.05) is 12.4 Å². The zero-order valence-electron chi connectivity index (χ0n) is 16.0. The Bertz CT molecular complexity index is 760. The minimum Gasteiger partial charge on any atom is -0.465 e.